The second-order valence-corrected chi connectivity index (χ2v) is 2.26. The van der Waals surface area contributed by atoms with Gasteiger partial charge in [-0.1, -0.05) is 6.08 Å². The molecule has 0 fully saturated rings. The third-order valence-electron chi connectivity index (χ3n) is 1.33. The minimum Gasteiger partial charge on any atom is -0.358 e. The topological polar surface area (TPSA) is 55.5 Å². The van der Waals surface area contributed by atoms with Crippen molar-refractivity contribution in [1.29, 1.82) is 0 Å². The molecule has 1 aliphatic heterocycles. The quantitative estimate of drug-likeness (QED) is 0.422. The fourth-order valence-corrected chi connectivity index (χ4v) is 0.745. The Morgan fingerprint density at radius 3 is 3.00 bits per heavy atom. The molecule has 0 aromatic heterocycles. The Labute approximate surface area is 64.1 Å². The van der Waals surface area contributed by atoms with Crippen LogP contribution in [0.1, 0.15) is 13.3 Å². The summed E-state index contributed by atoms with van der Waals surface area (Å²) in [7, 11) is 0. The van der Waals surface area contributed by atoms with E-state index in [1.165, 1.54) is 12.3 Å². The van der Waals surface area contributed by atoms with Crippen molar-refractivity contribution in [1.82, 2.24) is 0 Å². The highest BCUT2D eigenvalue weighted by Gasteiger charge is 2.07. The van der Waals surface area contributed by atoms with Gasteiger partial charge in [0.2, 0.25) is 0 Å². The molecule has 0 aromatic rings. The minimum absolute atomic E-state index is 0.0712. The number of hydrogen-bond donors (Lipinski definition) is 0. The molecule has 1 aliphatic rings. The van der Waals surface area contributed by atoms with Gasteiger partial charge in [0.1, 0.15) is 6.21 Å². The second-order valence-electron chi connectivity index (χ2n) is 2.26. The van der Waals surface area contributed by atoms with E-state index < -0.39 is 4.92 Å². The predicted octanol–water partition coefficient (Wildman–Crippen LogP) is 1.53. The van der Waals surface area contributed by atoms with E-state index in [4.69, 9.17) is 0 Å². The summed E-state index contributed by atoms with van der Waals surface area (Å²) in [5.41, 5.74) is 0.957. The monoisotopic (exact) mass is 152 g/mol. The average molecular weight is 152 g/mol. The lowest BCUT2D eigenvalue weighted by Gasteiger charge is -1.88. The van der Waals surface area contributed by atoms with Gasteiger partial charge >= 0.3 is 5.82 Å². The molecule has 0 N–H and O–H groups in total. The molecule has 0 saturated heterocycles. The van der Waals surface area contributed by atoms with Crippen molar-refractivity contribution in [3.05, 3.63) is 33.7 Å². The van der Waals surface area contributed by atoms with Crippen LogP contribution in [0.25, 0.3) is 0 Å². The minimum atomic E-state index is -0.483. The summed E-state index contributed by atoms with van der Waals surface area (Å²) in [5.74, 6) is -0.0712. The average Bonchev–Trinajstić information content (AvgIpc) is 2.13. The lowest BCUT2D eigenvalue weighted by atomic mass is 10.3. The lowest BCUT2D eigenvalue weighted by molar-refractivity contribution is -0.426. The third-order valence-corrected chi connectivity index (χ3v) is 1.33. The standard InChI is InChI=1S/C7H8N2O2/c1-6-3-2-4-7(8-5-6)9(10)11/h3-5H,2H2,1H3. The molecular formula is C7H8N2O2. The Hall–Kier alpha value is -1.45. The number of rotatable bonds is 1. The second kappa shape index (κ2) is 3.09. The molecule has 4 nitrogen and oxygen atoms in total. The summed E-state index contributed by atoms with van der Waals surface area (Å²) in [6.45, 7) is 1.86. The van der Waals surface area contributed by atoms with Gasteiger partial charge in [-0.15, -0.1) is 0 Å². The van der Waals surface area contributed by atoms with Crippen LogP contribution in [0.15, 0.2) is 28.5 Å². The normalized spacial score (nSPS) is 16.8. The number of aliphatic imine (C=N–C) groups is 1. The number of nitrogens with zero attached hydrogens (tertiary/aromatic N) is 2. The Morgan fingerprint density at radius 1 is 1.64 bits per heavy atom. The van der Waals surface area contributed by atoms with Crippen molar-refractivity contribution in [3.63, 3.8) is 0 Å². The first-order valence-corrected chi connectivity index (χ1v) is 3.25. The number of nitro groups is 1. The first kappa shape index (κ1) is 7.65. The van der Waals surface area contributed by atoms with Gasteiger partial charge < -0.3 is 10.1 Å². The van der Waals surface area contributed by atoms with E-state index in [1.54, 1.807) is 0 Å². The zero-order valence-corrected chi connectivity index (χ0v) is 6.15. The molecule has 0 aliphatic carbocycles. The molecule has 0 saturated carbocycles. The summed E-state index contributed by atoms with van der Waals surface area (Å²) in [4.78, 5) is 13.4. The fraction of sp³-hybridized carbons (Fsp3) is 0.286. The van der Waals surface area contributed by atoms with Gasteiger partial charge in [0, 0.05) is 6.08 Å². The van der Waals surface area contributed by atoms with Gasteiger partial charge in [0.15, 0.2) is 0 Å². The largest absolute Gasteiger partial charge is 0.359 e. The Bertz CT molecular complexity index is 264. The van der Waals surface area contributed by atoms with Crippen LogP contribution >= 0.6 is 0 Å². The van der Waals surface area contributed by atoms with E-state index in [-0.39, 0.29) is 5.82 Å². The smallest absolute Gasteiger partial charge is 0.358 e. The zero-order valence-electron chi connectivity index (χ0n) is 6.15. The van der Waals surface area contributed by atoms with Gasteiger partial charge in [0.05, 0.1) is 0 Å². The SMILES string of the molecule is CC1=CCC=C([N+](=O)[O-])N=C1. The molecule has 4 heteroatoms. The fourth-order valence-electron chi connectivity index (χ4n) is 0.745. The molecule has 0 amide bonds. The summed E-state index contributed by atoms with van der Waals surface area (Å²) in [6.07, 6.45) is 5.47. The maximum Gasteiger partial charge on any atom is 0.359 e. The number of allylic oxidation sites excluding steroid dienone is 3. The summed E-state index contributed by atoms with van der Waals surface area (Å²) in [5, 5.41) is 10.2. The third kappa shape index (κ3) is 2.00. The first-order valence-electron chi connectivity index (χ1n) is 3.25. The van der Waals surface area contributed by atoms with Crippen LogP contribution in [0.4, 0.5) is 0 Å². The van der Waals surface area contributed by atoms with E-state index in [9.17, 15) is 10.1 Å². The van der Waals surface area contributed by atoms with Crippen LogP contribution in [-0.4, -0.2) is 11.1 Å². The Morgan fingerprint density at radius 2 is 2.36 bits per heavy atom. The molecule has 0 spiro atoms. The molecule has 11 heavy (non-hydrogen) atoms. The predicted molar refractivity (Wildman–Crippen MR) is 41.9 cm³/mol. The van der Waals surface area contributed by atoms with Crippen molar-refractivity contribution in [3.8, 4) is 0 Å². The van der Waals surface area contributed by atoms with Crippen molar-refractivity contribution < 1.29 is 4.92 Å². The summed E-state index contributed by atoms with van der Waals surface area (Å²) in [6, 6.07) is 0. The molecule has 1 heterocycles. The van der Waals surface area contributed by atoms with Crippen LogP contribution < -0.4 is 0 Å². The summed E-state index contributed by atoms with van der Waals surface area (Å²) < 4.78 is 0. The van der Waals surface area contributed by atoms with Crippen molar-refractivity contribution in [2.24, 2.45) is 4.99 Å². The highest BCUT2D eigenvalue weighted by molar-refractivity contribution is 5.78. The van der Waals surface area contributed by atoms with Gasteiger partial charge in [-0.2, -0.15) is 0 Å². The highest BCUT2D eigenvalue weighted by Crippen LogP contribution is 2.06. The molecule has 58 valence electrons. The van der Waals surface area contributed by atoms with Crippen molar-refractivity contribution in [2.75, 3.05) is 0 Å². The van der Waals surface area contributed by atoms with Crippen LogP contribution in [0.3, 0.4) is 0 Å². The van der Waals surface area contributed by atoms with E-state index in [0.29, 0.717) is 6.42 Å². The molecule has 0 unspecified atom stereocenters. The Balaban J connectivity index is 2.82. The maximum absolute atomic E-state index is 10.2. The molecule has 1 rings (SSSR count). The van der Waals surface area contributed by atoms with Gasteiger partial charge in [-0.3, -0.25) is 0 Å². The van der Waals surface area contributed by atoms with Crippen molar-refractivity contribution >= 4 is 6.21 Å². The molecule has 0 radical (unpaired) electrons. The van der Waals surface area contributed by atoms with E-state index >= 15 is 0 Å². The van der Waals surface area contributed by atoms with Crippen LogP contribution in [-0.2, 0) is 0 Å². The maximum atomic E-state index is 10.2. The van der Waals surface area contributed by atoms with Crippen LogP contribution in [0, 0.1) is 10.1 Å². The zero-order chi connectivity index (χ0) is 8.27. The van der Waals surface area contributed by atoms with Gasteiger partial charge in [-0.25, -0.2) is 0 Å². The first-order chi connectivity index (χ1) is 5.20. The lowest BCUT2D eigenvalue weighted by Crippen LogP contribution is -1.94. The van der Waals surface area contributed by atoms with Gasteiger partial charge in [0.25, 0.3) is 0 Å². The molecule has 0 bridgehead atoms. The van der Waals surface area contributed by atoms with Gasteiger partial charge in [-0.05, 0) is 28.8 Å². The van der Waals surface area contributed by atoms with Crippen molar-refractivity contribution in [2.45, 2.75) is 13.3 Å². The van der Waals surface area contributed by atoms with E-state index in [2.05, 4.69) is 4.99 Å². The summed E-state index contributed by atoms with van der Waals surface area (Å²) >= 11 is 0. The van der Waals surface area contributed by atoms with Crippen LogP contribution in [0.5, 0.6) is 0 Å². The Kier molecular flexibility index (Phi) is 2.15. The van der Waals surface area contributed by atoms with E-state index in [1.807, 2.05) is 13.0 Å². The van der Waals surface area contributed by atoms with Crippen LogP contribution in [0.2, 0.25) is 0 Å². The molecule has 0 atom stereocenters. The number of hydrogen-bond acceptors (Lipinski definition) is 3. The van der Waals surface area contributed by atoms with E-state index in [0.717, 1.165) is 5.57 Å². The highest BCUT2D eigenvalue weighted by atomic mass is 16.6. The molecular weight excluding hydrogens is 144 g/mol. The molecule has 0 aromatic carbocycles.